The first-order valence-electron chi connectivity index (χ1n) is 26.9. The molecule has 0 aromatic carbocycles. The van der Waals surface area contributed by atoms with Crippen LogP contribution < -0.4 is 5.32 Å². The van der Waals surface area contributed by atoms with Crippen molar-refractivity contribution in [2.75, 3.05) is 6.61 Å². The topological polar surface area (TPSA) is 95.9 Å². The van der Waals surface area contributed by atoms with E-state index < -0.39 is 18.2 Å². The van der Waals surface area contributed by atoms with Gasteiger partial charge in [0.2, 0.25) is 5.91 Å². The molecule has 1 amide bonds. The second kappa shape index (κ2) is 49.8. The van der Waals surface area contributed by atoms with Gasteiger partial charge in [0.05, 0.1) is 25.2 Å². The zero-order chi connectivity index (χ0) is 45.2. The number of hydrogen-bond acceptors (Lipinski definition) is 5. The van der Waals surface area contributed by atoms with Crippen LogP contribution in [-0.2, 0) is 14.3 Å². The highest BCUT2D eigenvalue weighted by Gasteiger charge is 2.24. The van der Waals surface area contributed by atoms with Gasteiger partial charge in [0.25, 0.3) is 0 Å². The molecule has 0 saturated heterocycles. The van der Waals surface area contributed by atoms with Crippen molar-refractivity contribution < 1.29 is 24.5 Å². The van der Waals surface area contributed by atoms with Gasteiger partial charge in [0.15, 0.2) is 0 Å². The Labute approximate surface area is 385 Å². The van der Waals surface area contributed by atoms with E-state index in [9.17, 15) is 19.8 Å². The van der Waals surface area contributed by atoms with Crippen molar-refractivity contribution in [3.63, 3.8) is 0 Å². The average molecular weight is 870 g/mol. The SMILES string of the molecule is CCCCC/C=C\C/C=C\C/C=C\CCCCCCCCC(=O)OC(CCCCCCC/C=C/CCCCCCCC)CC(=O)NC(CO)C(O)CCCCCCCCCCC. The second-order valence-electron chi connectivity index (χ2n) is 18.3. The summed E-state index contributed by atoms with van der Waals surface area (Å²) in [6, 6.07) is -0.705. The molecule has 3 N–H and O–H groups in total. The summed E-state index contributed by atoms with van der Waals surface area (Å²) in [5, 5.41) is 23.7. The lowest BCUT2D eigenvalue weighted by Crippen LogP contribution is -2.46. The number of allylic oxidation sites excluding steroid dienone is 8. The highest BCUT2D eigenvalue weighted by atomic mass is 16.5. The Kier molecular flexibility index (Phi) is 48.1. The molecule has 3 atom stereocenters. The van der Waals surface area contributed by atoms with E-state index in [1.165, 1.54) is 141 Å². The summed E-state index contributed by atoms with van der Waals surface area (Å²) in [4.78, 5) is 26.2. The Morgan fingerprint density at radius 1 is 0.468 bits per heavy atom. The zero-order valence-corrected chi connectivity index (χ0v) is 41.3. The van der Waals surface area contributed by atoms with Crippen LogP contribution in [0.5, 0.6) is 0 Å². The van der Waals surface area contributed by atoms with Gasteiger partial charge in [-0.15, -0.1) is 0 Å². The summed E-state index contributed by atoms with van der Waals surface area (Å²) in [6.45, 7) is 6.44. The number of hydrogen-bond donors (Lipinski definition) is 3. The fourth-order valence-corrected chi connectivity index (χ4v) is 8.02. The number of amides is 1. The van der Waals surface area contributed by atoms with Crippen LogP contribution in [0.4, 0.5) is 0 Å². The van der Waals surface area contributed by atoms with Crippen LogP contribution in [0, 0.1) is 0 Å². The molecule has 0 spiro atoms. The molecule has 0 fully saturated rings. The van der Waals surface area contributed by atoms with E-state index in [2.05, 4.69) is 74.7 Å². The van der Waals surface area contributed by atoms with Crippen molar-refractivity contribution in [1.82, 2.24) is 5.32 Å². The van der Waals surface area contributed by atoms with Crippen LogP contribution in [-0.4, -0.2) is 46.9 Å². The number of carbonyl (C=O) groups is 2. The Bertz CT molecular complexity index is 1070. The van der Waals surface area contributed by atoms with Gasteiger partial charge in [0.1, 0.15) is 6.10 Å². The highest BCUT2D eigenvalue weighted by molar-refractivity contribution is 5.77. The molecule has 0 aromatic rings. The molecule has 0 aliphatic heterocycles. The fraction of sp³-hybridized carbons (Fsp3) is 0.821. The molecule has 0 aliphatic rings. The quantitative estimate of drug-likeness (QED) is 0.0322. The molecule has 3 unspecified atom stereocenters. The molecular formula is C56H103NO5. The second-order valence-corrected chi connectivity index (χ2v) is 18.3. The van der Waals surface area contributed by atoms with Gasteiger partial charge in [-0.3, -0.25) is 9.59 Å². The van der Waals surface area contributed by atoms with Crippen molar-refractivity contribution >= 4 is 11.9 Å². The zero-order valence-electron chi connectivity index (χ0n) is 41.3. The first-order valence-corrected chi connectivity index (χ1v) is 26.9. The van der Waals surface area contributed by atoms with Crippen LogP contribution in [0.2, 0.25) is 0 Å². The molecular weight excluding hydrogens is 767 g/mol. The number of nitrogens with one attached hydrogen (secondary N) is 1. The summed E-state index contributed by atoms with van der Waals surface area (Å²) >= 11 is 0. The summed E-state index contributed by atoms with van der Waals surface area (Å²) in [6.07, 6.45) is 60.3. The van der Waals surface area contributed by atoms with Gasteiger partial charge in [-0.05, 0) is 89.9 Å². The predicted octanol–water partition coefficient (Wildman–Crippen LogP) is 16.2. The van der Waals surface area contributed by atoms with Crippen LogP contribution in [0.1, 0.15) is 271 Å². The summed E-state index contributed by atoms with van der Waals surface area (Å²) in [5.74, 6) is -0.491. The minimum atomic E-state index is -0.791. The van der Waals surface area contributed by atoms with Gasteiger partial charge in [-0.25, -0.2) is 0 Å². The minimum Gasteiger partial charge on any atom is -0.462 e. The van der Waals surface area contributed by atoms with Gasteiger partial charge in [-0.1, -0.05) is 217 Å². The third-order valence-electron chi connectivity index (χ3n) is 12.1. The Morgan fingerprint density at radius 2 is 0.823 bits per heavy atom. The molecule has 0 radical (unpaired) electrons. The normalized spacial score (nSPS) is 13.6. The van der Waals surface area contributed by atoms with Gasteiger partial charge >= 0.3 is 5.97 Å². The third-order valence-corrected chi connectivity index (χ3v) is 12.1. The lowest BCUT2D eigenvalue weighted by atomic mass is 10.0. The number of aliphatic hydroxyl groups excluding tert-OH is 2. The lowest BCUT2D eigenvalue weighted by molar-refractivity contribution is -0.151. The molecule has 362 valence electrons. The van der Waals surface area contributed by atoms with Crippen molar-refractivity contribution in [3.05, 3.63) is 48.6 Å². The van der Waals surface area contributed by atoms with Gasteiger partial charge in [0, 0.05) is 6.42 Å². The molecule has 0 heterocycles. The van der Waals surface area contributed by atoms with E-state index in [0.29, 0.717) is 19.3 Å². The molecule has 6 nitrogen and oxygen atoms in total. The fourth-order valence-electron chi connectivity index (χ4n) is 8.02. The Morgan fingerprint density at radius 3 is 1.29 bits per heavy atom. The number of unbranched alkanes of at least 4 members (excludes halogenated alkanes) is 28. The van der Waals surface area contributed by atoms with Crippen molar-refractivity contribution in [1.29, 1.82) is 0 Å². The maximum absolute atomic E-state index is 13.2. The standard InChI is InChI=1S/C56H103NO5/c1-4-7-10-13-16-19-21-23-25-26-27-28-30-32-34-37-40-43-46-49-56(61)62-52(47-44-41-38-36-33-31-29-24-22-20-17-14-11-8-5-2)50-55(60)57-53(51-58)54(59)48-45-42-39-35-18-15-12-9-6-3/h16,19,23-25,27-29,52-54,58-59H,4-15,17-18,20-22,26,30-51H2,1-3H3,(H,57,60)/b19-16-,25-23-,28-27-,29-24+. The monoisotopic (exact) mass is 870 g/mol. The van der Waals surface area contributed by atoms with Gasteiger partial charge in [-0.2, -0.15) is 0 Å². The summed E-state index contributed by atoms with van der Waals surface area (Å²) in [7, 11) is 0. The van der Waals surface area contributed by atoms with E-state index in [0.717, 1.165) is 83.5 Å². The van der Waals surface area contributed by atoms with E-state index in [4.69, 9.17) is 4.74 Å². The van der Waals surface area contributed by atoms with Crippen LogP contribution in [0.3, 0.4) is 0 Å². The first kappa shape index (κ1) is 59.8. The summed E-state index contributed by atoms with van der Waals surface area (Å²) in [5.41, 5.74) is 0. The smallest absolute Gasteiger partial charge is 0.306 e. The number of aliphatic hydroxyl groups is 2. The van der Waals surface area contributed by atoms with Crippen molar-refractivity contribution in [3.8, 4) is 0 Å². The van der Waals surface area contributed by atoms with Crippen LogP contribution in [0.15, 0.2) is 48.6 Å². The Hall–Kier alpha value is -2.18. The molecule has 0 rings (SSSR count). The number of rotatable bonds is 48. The van der Waals surface area contributed by atoms with Crippen LogP contribution in [0.25, 0.3) is 0 Å². The van der Waals surface area contributed by atoms with Crippen LogP contribution >= 0.6 is 0 Å². The molecule has 0 saturated carbocycles. The third kappa shape index (κ3) is 44.4. The summed E-state index contributed by atoms with van der Waals surface area (Å²) < 4.78 is 5.94. The molecule has 62 heavy (non-hydrogen) atoms. The molecule has 0 bridgehead atoms. The number of ether oxygens (including phenoxy) is 1. The van der Waals surface area contributed by atoms with Crippen molar-refractivity contribution in [2.24, 2.45) is 0 Å². The van der Waals surface area contributed by atoms with E-state index in [-0.39, 0.29) is 24.9 Å². The maximum atomic E-state index is 13.2. The minimum absolute atomic E-state index is 0.0671. The Balaban J connectivity index is 4.57. The molecule has 0 aliphatic carbocycles. The molecule has 0 aromatic heterocycles. The number of carbonyl (C=O) groups excluding carboxylic acids is 2. The predicted molar refractivity (Wildman–Crippen MR) is 269 cm³/mol. The average Bonchev–Trinajstić information content (AvgIpc) is 3.26. The number of esters is 1. The maximum Gasteiger partial charge on any atom is 0.306 e. The largest absolute Gasteiger partial charge is 0.462 e. The van der Waals surface area contributed by atoms with E-state index >= 15 is 0 Å². The van der Waals surface area contributed by atoms with Gasteiger partial charge < -0.3 is 20.3 Å². The van der Waals surface area contributed by atoms with E-state index in [1.807, 2.05) is 0 Å². The lowest BCUT2D eigenvalue weighted by Gasteiger charge is -2.24. The van der Waals surface area contributed by atoms with Crippen molar-refractivity contribution in [2.45, 2.75) is 289 Å². The highest BCUT2D eigenvalue weighted by Crippen LogP contribution is 2.18. The molecule has 6 heteroatoms. The van der Waals surface area contributed by atoms with E-state index in [1.54, 1.807) is 0 Å². The first-order chi connectivity index (χ1) is 30.5.